The van der Waals surface area contributed by atoms with Gasteiger partial charge in [-0.25, -0.2) is 13.2 Å². The zero-order valence-corrected chi connectivity index (χ0v) is 28.5. The number of hydrogen-bond acceptors (Lipinski definition) is 9. The van der Waals surface area contributed by atoms with Gasteiger partial charge in [0, 0.05) is 44.2 Å². The van der Waals surface area contributed by atoms with Crippen LogP contribution in [0.1, 0.15) is 35.6 Å². The van der Waals surface area contributed by atoms with Crippen LogP contribution >= 0.6 is 11.6 Å². The van der Waals surface area contributed by atoms with Gasteiger partial charge in [-0.3, -0.25) is 19.4 Å². The number of carbonyl (C=O) groups excluding carboxylic acids is 1. The molecular formula is C34H42ClN3O9S. The number of nitrogens with zero attached hydrogens (tertiary/aromatic N) is 2. The summed E-state index contributed by atoms with van der Waals surface area (Å²) < 4.78 is 35.9. The van der Waals surface area contributed by atoms with Gasteiger partial charge in [0.2, 0.25) is 10.0 Å². The Bertz CT molecular complexity index is 1570. The molecule has 0 radical (unpaired) electrons. The monoisotopic (exact) mass is 703 g/mol. The fourth-order valence-corrected chi connectivity index (χ4v) is 6.37. The molecule has 0 aliphatic carbocycles. The summed E-state index contributed by atoms with van der Waals surface area (Å²) in [6, 6.07) is 23.4. The van der Waals surface area contributed by atoms with E-state index in [9.17, 15) is 22.8 Å². The van der Waals surface area contributed by atoms with E-state index >= 15 is 0 Å². The van der Waals surface area contributed by atoms with E-state index in [1.165, 1.54) is 30.4 Å². The molecule has 1 aliphatic heterocycles. The number of hydrogen-bond donors (Lipinski definition) is 3. The first kappa shape index (κ1) is 38.6. The number of carboxylic acids is 2. The lowest BCUT2D eigenvalue weighted by Gasteiger charge is -2.39. The Hall–Kier alpha value is -3.85. The molecule has 0 bridgehead atoms. The molecule has 3 aromatic carbocycles. The van der Waals surface area contributed by atoms with Crippen molar-refractivity contribution in [2.24, 2.45) is 0 Å². The average molecular weight is 704 g/mol. The van der Waals surface area contributed by atoms with E-state index < -0.39 is 34.4 Å². The number of ether oxygens (including phenoxy) is 2. The van der Waals surface area contributed by atoms with Crippen molar-refractivity contribution in [3.05, 3.63) is 101 Å². The molecule has 0 amide bonds. The van der Waals surface area contributed by atoms with E-state index in [-0.39, 0.29) is 29.9 Å². The third kappa shape index (κ3) is 12.6. The van der Waals surface area contributed by atoms with Crippen molar-refractivity contribution < 1.29 is 42.5 Å². The highest BCUT2D eigenvalue weighted by Crippen LogP contribution is 2.30. The largest absolute Gasteiger partial charge is 0.481 e. The number of carbonyl (C=O) groups is 3. The fraction of sp³-hybridized carbons (Fsp3) is 0.382. The van der Waals surface area contributed by atoms with Crippen LogP contribution in [0.3, 0.4) is 0 Å². The lowest BCUT2D eigenvalue weighted by Crippen LogP contribution is -2.48. The highest BCUT2D eigenvalue weighted by atomic mass is 35.5. The van der Waals surface area contributed by atoms with Gasteiger partial charge in [-0.15, -0.1) is 0 Å². The number of methoxy groups -OCH3 is 1. The number of aliphatic carboxylic acids is 2. The fourth-order valence-electron chi connectivity index (χ4n) is 5.02. The molecule has 260 valence electrons. The van der Waals surface area contributed by atoms with E-state index in [2.05, 4.69) is 57.0 Å². The highest BCUT2D eigenvalue weighted by Gasteiger charge is 2.27. The zero-order valence-electron chi connectivity index (χ0n) is 27.0. The van der Waals surface area contributed by atoms with Gasteiger partial charge in [0.15, 0.2) is 0 Å². The van der Waals surface area contributed by atoms with E-state index in [1.807, 2.05) is 16.9 Å². The van der Waals surface area contributed by atoms with Crippen molar-refractivity contribution in [2.75, 3.05) is 53.0 Å². The SMILES string of the molecule is COC(=O)COCCN1CCN(C(c2ccccc2)c2ccc(Cl)cc2)CC1.Cc1ccc(S(=O)(=O)N[C@@H](CCC(=O)O)C(=O)O)cc1. The summed E-state index contributed by atoms with van der Waals surface area (Å²) in [5.41, 5.74) is 3.41. The van der Waals surface area contributed by atoms with Gasteiger partial charge >= 0.3 is 17.9 Å². The Morgan fingerprint density at radius 1 is 0.896 bits per heavy atom. The van der Waals surface area contributed by atoms with Crippen molar-refractivity contribution in [1.29, 1.82) is 0 Å². The molecule has 1 saturated heterocycles. The molecule has 1 heterocycles. The molecular weight excluding hydrogens is 662 g/mol. The molecule has 3 aromatic rings. The van der Waals surface area contributed by atoms with Crippen LogP contribution in [0.25, 0.3) is 0 Å². The number of rotatable bonds is 15. The van der Waals surface area contributed by atoms with Gasteiger partial charge in [-0.1, -0.05) is 71.8 Å². The Kier molecular flexibility index (Phi) is 15.5. The topological polar surface area (TPSA) is 163 Å². The molecule has 1 aliphatic rings. The van der Waals surface area contributed by atoms with Gasteiger partial charge in [0.05, 0.1) is 24.7 Å². The number of piperazine rings is 1. The summed E-state index contributed by atoms with van der Waals surface area (Å²) in [7, 11) is -2.62. The molecule has 2 atom stereocenters. The van der Waals surface area contributed by atoms with Gasteiger partial charge in [-0.05, 0) is 48.7 Å². The number of halogens is 1. The second kappa shape index (κ2) is 19.2. The molecule has 0 aromatic heterocycles. The lowest BCUT2D eigenvalue weighted by atomic mass is 9.96. The van der Waals surface area contributed by atoms with E-state index in [1.54, 1.807) is 19.1 Å². The number of esters is 1. The molecule has 4 rings (SSSR count). The maximum absolute atomic E-state index is 12.0. The minimum absolute atomic E-state index is 0.0170. The van der Waals surface area contributed by atoms with Gasteiger partial charge in [0.1, 0.15) is 12.6 Å². The highest BCUT2D eigenvalue weighted by molar-refractivity contribution is 7.89. The van der Waals surface area contributed by atoms with Crippen LogP contribution in [0.2, 0.25) is 5.02 Å². The molecule has 14 heteroatoms. The Morgan fingerprint density at radius 2 is 1.50 bits per heavy atom. The number of sulfonamides is 1. The van der Waals surface area contributed by atoms with Crippen molar-refractivity contribution in [3.63, 3.8) is 0 Å². The van der Waals surface area contributed by atoms with Crippen LogP contribution in [0.4, 0.5) is 0 Å². The van der Waals surface area contributed by atoms with Crippen LogP contribution in [0.15, 0.2) is 83.8 Å². The maximum Gasteiger partial charge on any atom is 0.331 e. The predicted octanol–water partition coefficient (Wildman–Crippen LogP) is 3.83. The summed E-state index contributed by atoms with van der Waals surface area (Å²) in [6.07, 6.45) is -0.761. The first-order valence-corrected chi connectivity index (χ1v) is 17.2. The van der Waals surface area contributed by atoms with Crippen LogP contribution in [-0.4, -0.2) is 105 Å². The number of aryl methyl sites for hydroxylation is 1. The summed E-state index contributed by atoms with van der Waals surface area (Å²) in [5.74, 6) is -2.94. The number of nitrogens with one attached hydrogen (secondary N) is 1. The summed E-state index contributed by atoms with van der Waals surface area (Å²) in [6.45, 7) is 7.05. The van der Waals surface area contributed by atoms with E-state index in [4.69, 9.17) is 26.6 Å². The van der Waals surface area contributed by atoms with E-state index in [0.29, 0.717) is 6.61 Å². The second-order valence-electron chi connectivity index (χ2n) is 11.1. The Labute approximate surface area is 286 Å². The second-order valence-corrected chi connectivity index (χ2v) is 13.3. The molecule has 1 unspecified atom stereocenters. The Balaban J connectivity index is 0.000000277. The average Bonchev–Trinajstić information content (AvgIpc) is 3.07. The smallest absolute Gasteiger partial charge is 0.331 e. The van der Waals surface area contributed by atoms with Crippen LogP contribution in [-0.2, 0) is 33.9 Å². The van der Waals surface area contributed by atoms with Crippen LogP contribution < -0.4 is 4.72 Å². The van der Waals surface area contributed by atoms with Crippen molar-refractivity contribution in [3.8, 4) is 0 Å². The molecule has 12 nitrogen and oxygen atoms in total. The number of benzene rings is 3. The minimum atomic E-state index is -3.99. The van der Waals surface area contributed by atoms with Crippen LogP contribution in [0, 0.1) is 6.92 Å². The normalized spacial score (nSPS) is 15.1. The summed E-state index contributed by atoms with van der Waals surface area (Å²) >= 11 is 6.10. The predicted molar refractivity (Wildman–Crippen MR) is 180 cm³/mol. The molecule has 3 N–H and O–H groups in total. The van der Waals surface area contributed by atoms with Crippen LogP contribution in [0.5, 0.6) is 0 Å². The summed E-state index contributed by atoms with van der Waals surface area (Å²) in [5, 5.41) is 18.2. The first-order chi connectivity index (χ1) is 22.9. The Morgan fingerprint density at radius 3 is 2.06 bits per heavy atom. The minimum Gasteiger partial charge on any atom is -0.481 e. The molecule has 0 spiro atoms. The lowest BCUT2D eigenvalue weighted by molar-refractivity contribution is -0.146. The van der Waals surface area contributed by atoms with Gasteiger partial charge in [0.25, 0.3) is 0 Å². The summed E-state index contributed by atoms with van der Waals surface area (Å²) in [4.78, 5) is 37.3. The third-order valence-corrected chi connectivity index (χ3v) is 9.39. The zero-order chi connectivity index (χ0) is 35.1. The maximum atomic E-state index is 12.0. The van der Waals surface area contributed by atoms with E-state index in [0.717, 1.165) is 43.3 Å². The molecule has 1 fully saturated rings. The van der Waals surface area contributed by atoms with Crippen molar-refractivity contribution in [1.82, 2.24) is 14.5 Å². The van der Waals surface area contributed by atoms with Gasteiger partial charge in [-0.2, -0.15) is 4.72 Å². The quantitative estimate of drug-likeness (QED) is 0.156. The standard InChI is InChI=1S/C22H27ClN2O3.C12H15NO6S/c1-27-21(26)17-28-16-15-24-11-13-25(14-12-24)22(18-5-3-2-4-6-18)19-7-9-20(23)10-8-19;1-8-2-4-9(5-3-8)20(18,19)13-10(12(16)17)6-7-11(14)15/h2-10,22H,11-17H2,1H3;2-5,10,13H,6-7H2,1H3,(H,14,15)(H,16,17)/t;10-/m.0/s1. The van der Waals surface area contributed by atoms with Crippen molar-refractivity contribution >= 4 is 39.5 Å². The van der Waals surface area contributed by atoms with Gasteiger partial charge < -0.3 is 19.7 Å². The third-order valence-electron chi connectivity index (χ3n) is 7.65. The molecule has 48 heavy (non-hydrogen) atoms. The first-order valence-electron chi connectivity index (χ1n) is 15.3. The number of carboxylic acid groups (broad SMARTS) is 2. The van der Waals surface area contributed by atoms with Crippen molar-refractivity contribution in [2.45, 2.75) is 36.7 Å². The molecule has 0 saturated carbocycles.